The van der Waals surface area contributed by atoms with Crippen molar-refractivity contribution >= 4 is 11.9 Å². The molecule has 0 atom stereocenters. The summed E-state index contributed by atoms with van der Waals surface area (Å²) in [7, 11) is 0. The molecule has 4 N–H and O–H groups in total. The van der Waals surface area contributed by atoms with E-state index >= 15 is 0 Å². The van der Waals surface area contributed by atoms with Crippen molar-refractivity contribution < 1.29 is 4.74 Å². The molecule has 1 aromatic heterocycles. The molecule has 110 valence electrons. The molecule has 0 radical (unpaired) electrons. The molecule has 2 saturated carbocycles. The number of rotatable bonds is 8. The van der Waals surface area contributed by atoms with Gasteiger partial charge in [-0.25, -0.2) is 5.84 Å². The van der Waals surface area contributed by atoms with Gasteiger partial charge in [0, 0.05) is 6.04 Å². The molecular formula is C13H22N6O. The molecule has 0 spiro atoms. The Morgan fingerprint density at radius 3 is 2.35 bits per heavy atom. The van der Waals surface area contributed by atoms with E-state index in [1.165, 1.54) is 25.7 Å². The fourth-order valence-corrected chi connectivity index (χ4v) is 2.42. The predicted molar refractivity (Wildman–Crippen MR) is 76.3 cm³/mol. The number of nitrogen functional groups attached to an aromatic ring is 1. The lowest BCUT2D eigenvalue weighted by molar-refractivity contribution is 0.292. The minimum absolute atomic E-state index is 0.322. The molecule has 1 aromatic rings. The van der Waals surface area contributed by atoms with Crippen LogP contribution >= 0.6 is 0 Å². The van der Waals surface area contributed by atoms with Crippen molar-refractivity contribution in [1.29, 1.82) is 0 Å². The Morgan fingerprint density at radius 1 is 1.15 bits per heavy atom. The first-order chi connectivity index (χ1) is 9.80. The predicted octanol–water partition coefficient (Wildman–Crippen LogP) is 1.55. The number of ether oxygens (including phenoxy) is 1. The van der Waals surface area contributed by atoms with Gasteiger partial charge in [-0.15, -0.1) is 0 Å². The van der Waals surface area contributed by atoms with E-state index in [-0.39, 0.29) is 0 Å². The molecule has 7 heteroatoms. The van der Waals surface area contributed by atoms with Gasteiger partial charge in [0.05, 0.1) is 6.61 Å². The Balaban J connectivity index is 1.72. The van der Waals surface area contributed by atoms with Gasteiger partial charge in [-0.3, -0.25) is 5.43 Å². The van der Waals surface area contributed by atoms with E-state index < -0.39 is 0 Å². The lowest BCUT2D eigenvalue weighted by Gasteiger charge is -2.18. The number of aromatic nitrogens is 3. The highest BCUT2D eigenvalue weighted by Gasteiger charge is 2.41. The van der Waals surface area contributed by atoms with Gasteiger partial charge in [0.25, 0.3) is 0 Å². The number of nitrogens with one attached hydrogen (secondary N) is 2. The number of nitrogens with zero attached hydrogens (tertiary/aromatic N) is 3. The molecule has 0 aliphatic heterocycles. The van der Waals surface area contributed by atoms with Gasteiger partial charge in [-0.05, 0) is 43.9 Å². The van der Waals surface area contributed by atoms with Gasteiger partial charge in [0.2, 0.25) is 11.9 Å². The van der Waals surface area contributed by atoms with E-state index in [9.17, 15) is 0 Å². The third-order valence-electron chi connectivity index (χ3n) is 3.73. The molecule has 2 aliphatic carbocycles. The maximum atomic E-state index is 5.47. The summed E-state index contributed by atoms with van der Waals surface area (Å²) in [6.45, 7) is 2.63. The quantitative estimate of drug-likeness (QED) is 0.490. The van der Waals surface area contributed by atoms with Crippen LogP contribution in [0.3, 0.4) is 0 Å². The zero-order chi connectivity index (χ0) is 13.9. The summed E-state index contributed by atoms with van der Waals surface area (Å²) >= 11 is 0. The molecule has 0 aromatic carbocycles. The number of nitrogens with two attached hydrogens (primary N) is 1. The van der Waals surface area contributed by atoms with Gasteiger partial charge >= 0.3 is 6.01 Å². The normalized spacial score (nSPS) is 18.1. The van der Waals surface area contributed by atoms with Crippen LogP contribution in [0.5, 0.6) is 6.01 Å². The van der Waals surface area contributed by atoms with E-state index in [2.05, 4.69) is 25.7 Å². The summed E-state index contributed by atoms with van der Waals surface area (Å²) in [5, 5.41) is 3.46. The number of anilines is 2. The Bertz CT molecular complexity index is 448. The number of hydrogen-bond acceptors (Lipinski definition) is 7. The standard InChI is InChI=1S/C13H22N6O/c1-2-7-20-13-17-11(16-12(18-13)19-14)15-10(8-3-4-8)9-5-6-9/h8-10H,2-7,14H2,1H3,(H2,15,16,17,18,19). The van der Waals surface area contributed by atoms with Crippen LogP contribution < -0.4 is 21.3 Å². The Labute approximate surface area is 118 Å². The average Bonchev–Trinajstić information content (AvgIpc) is 3.35. The number of hydrogen-bond donors (Lipinski definition) is 3. The molecule has 2 aliphatic rings. The smallest absolute Gasteiger partial charge is 0.323 e. The minimum Gasteiger partial charge on any atom is -0.463 e. The van der Waals surface area contributed by atoms with Crippen LogP contribution in [0.15, 0.2) is 0 Å². The van der Waals surface area contributed by atoms with Crippen molar-refractivity contribution in [2.75, 3.05) is 17.3 Å². The first-order valence-corrected chi connectivity index (χ1v) is 7.42. The minimum atomic E-state index is 0.322. The zero-order valence-corrected chi connectivity index (χ0v) is 11.8. The van der Waals surface area contributed by atoms with Gasteiger partial charge in [0.1, 0.15) is 0 Å². The van der Waals surface area contributed by atoms with Crippen LogP contribution in [0.4, 0.5) is 11.9 Å². The van der Waals surface area contributed by atoms with Crippen LogP contribution in [-0.4, -0.2) is 27.6 Å². The lowest BCUT2D eigenvalue weighted by atomic mass is 10.1. The highest BCUT2D eigenvalue weighted by molar-refractivity contribution is 5.36. The molecule has 0 saturated heterocycles. The molecule has 1 heterocycles. The van der Waals surface area contributed by atoms with Crippen molar-refractivity contribution in [2.24, 2.45) is 17.7 Å². The summed E-state index contributed by atoms with van der Waals surface area (Å²) in [6.07, 6.45) is 6.13. The molecule has 0 amide bonds. The highest BCUT2D eigenvalue weighted by Crippen LogP contribution is 2.45. The van der Waals surface area contributed by atoms with Crippen molar-refractivity contribution in [3.8, 4) is 6.01 Å². The maximum Gasteiger partial charge on any atom is 0.323 e. The van der Waals surface area contributed by atoms with Crippen LogP contribution in [0.2, 0.25) is 0 Å². The summed E-state index contributed by atoms with van der Waals surface area (Å²) in [6, 6.07) is 0.810. The van der Waals surface area contributed by atoms with Crippen LogP contribution in [0.1, 0.15) is 39.0 Å². The van der Waals surface area contributed by atoms with E-state index in [4.69, 9.17) is 10.6 Å². The summed E-state index contributed by atoms with van der Waals surface area (Å²) in [5.41, 5.74) is 2.46. The molecule has 0 bridgehead atoms. The average molecular weight is 278 g/mol. The third kappa shape index (κ3) is 3.27. The summed E-state index contributed by atoms with van der Waals surface area (Å²) < 4.78 is 5.47. The molecule has 3 rings (SSSR count). The van der Waals surface area contributed by atoms with E-state index in [1.807, 2.05) is 6.92 Å². The van der Waals surface area contributed by atoms with E-state index in [0.29, 0.717) is 30.6 Å². The van der Waals surface area contributed by atoms with Crippen LogP contribution in [-0.2, 0) is 0 Å². The Morgan fingerprint density at radius 2 is 1.80 bits per heavy atom. The second kappa shape index (κ2) is 5.78. The van der Waals surface area contributed by atoms with E-state index in [0.717, 1.165) is 18.3 Å². The third-order valence-corrected chi connectivity index (χ3v) is 3.73. The molecular weight excluding hydrogens is 256 g/mol. The van der Waals surface area contributed by atoms with Crippen molar-refractivity contribution in [2.45, 2.75) is 45.1 Å². The molecule has 0 unspecified atom stereocenters. The van der Waals surface area contributed by atoms with Gasteiger partial charge in [-0.2, -0.15) is 15.0 Å². The van der Waals surface area contributed by atoms with Gasteiger partial charge in [0.15, 0.2) is 0 Å². The molecule has 7 nitrogen and oxygen atoms in total. The largest absolute Gasteiger partial charge is 0.463 e. The first-order valence-electron chi connectivity index (χ1n) is 7.42. The second-order valence-electron chi connectivity index (χ2n) is 5.60. The monoisotopic (exact) mass is 278 g/mol. The van der Waals surface area contributed by atoms with Gasteiger partial charge < -0.3 is 10.1 Å². The van der Waals surface area contributed by atoms with Crippen molar-refractivity contribution in [3.63, 3.8) is 0 Å². The summed E-state index contributed by atoms with van der Waals surface area (Å²) in [4.78, 5) is 12.7. The Kier molecular flexibility index (Phi) is 3.86. The molecule has 20 heavy (non-hydrogen) atoms. The zero-order valence-electron chi connectivity index (χ0n) is 11.8. The summed E-state index contributed by atoms with van der Waals surface area (Å²) in [5.74, 6) is 7.84. The fraction of sp³-hybridized carbons (Fsp3) is 0.769. The van der Waals surface area contributed by atoms with Crippen molar-refractivity contribution in [1.82, 2.24) is 15.0 Å². The van der Waals surface area contributed by atoms with Crippen molar-refractivity contribution in [3.05, 3.63) is 0 Å². The number of hydrazine groups is 1. The lowest BCUT2D eigenvalue weighted by Crippen LogP contribution is -2.26. The van der Waals surface area contributed by atoms with E-state index in [1.54, 1.807) is 0 Å². The van der Waals surface area contributed by atoms with Crippen LogP contribution in [0, 0.1) is 11.8 Å². The second-order valence-corrected chi connectivity index (χ2v) is 5.60. The molecule has 2 fully saturated rings. The topological polar surface area (TPSA) is 98.0 Å². The first kappa shape index (κ1) is 13.4. The van der Waals surface area contributed by atoms with Crippen LogP contribution in [0.25, 0.3) is 0 Å². The fourth-order valence-electron chi connectivity index (χ4n) is 2.42. The Hall–Kier alpha value is -1.63. The highest BCUT2D eigenvalue weighted by atomic mass is 16.5. The SMILES string of the molecule is CCCOc1nc(NN)nc(NC(C2CC2)C2CC2)n1. The maximum absolute atomic E-state index is 5.47. The van der Waals surface area contributed by atoms with Gasteiger partial charge in [-0.1, -0.05) is 6.92 Å².